The van der Waals surface area contributed by atoms with Gasteiger partial charge in [0.2, 0.25) is 0 Å². The Hall–Kier alpha value is -0.970. The van der Waals surface area contributed by atoms with Crippen molar-refractivity contribution in [3.8, 4) is 0 Å². The van der Waals surface area contributed by atoms with E-state index in [2.05, 4.69) is 0 Å². The second-order valence-corrected chi connectivity index (χ2v) is 7.76. The van der Waals surface area contributed by atoms with Gasteiger partial charge < -0.3 is 14.7 Å². The topological polar surface area (TPSA) is 49.8 Å². The van der Waals surface area contributed by atoms with Crippen LogP contribution in [-0.2, 0) is 11.2 Å². The summed E-state index contributed by atoms with van der Waals surface area (Å²) in [5, 5.41) is 11.4. The molecule has 1 aromatic rings. The Balaban J connectivity index is 2.08. The molecule has 23 heavy (non-hydrogen) atoms. The summed E-state index contributed by atoms with van der Waals surface area (Å²) in [7, 11) is 0. The molecule has 128 valence electrons. The average Bonchev–Trinajstić information content (AvgIpc) is 2.43. The predicted molar refractivity (Wildman–Crippen MR) is 92.1 cm³/mol. The third kappa shape index (κ3) is 5.00. The van der Waals surface area contributed by atoms with E-state index in [-0.39, 0.29) is 12.0 Å². The normalized spacial score (nSPS) is 22.1. The molecule has 1 aliphatic rings. The van der Waals surface area contributed by atoms with E-state index in [1.807, 2.05) is 20.8 Å². The molecule has 1 amide bonds. The van der Waals surface area contributed by atoms with Gasteiger partial charge in [0, 0.05) is 29.1 Å². The maximum absolute atomic E-state index is 12.2. The fourth-order valence-electron chi connectivity index (χ4n) is 2.70. The smallest absolute Gasteiger partial charge is 0.410 e. The minimum atomic E-state index is -0.533. The summed E-state index contributed by atoms with van der Waals surface area (Å²) in [6, 6.07) is 5.35. The van der Waals surface area contributed by atoms with Gasteiger partial charge >= 0.3 is 6.09 Å². The van der Waals surface area contributed by atoms with Crippen LogP contribution >= 0.6 is 23.2 Å². The number of amides is 1. The summed E-state index contributed by atoms with van der Waals surface area (Å²) in [6.07, 6.45) is 0.214. The number of aliphatic hydroxyl groups is 1. The third-order valence-corrected chi connectivity index (χ3v) is 4.58. The number of halogens is 2. The molecule has 1 N–H and O–H groups in total. The van der Waals surface area contributed by atoms with Crippen LogP contribution in [0.5, 0.6) is 0 Å². The summed E-state index contributed by atoms with van der Waals surface area (Å²) in [4.78, 5) is 13.9. The molecule has 1 aromatic carbocycles. The fourth-order valence-corrected chi connectivity index (χ4v) is 3.25. The van der Waals surface area contributed by atoms with Gasteiger partial charge in [0.25, 0.3) is 0 Å². The summed E-state index contributed by atoms with van der Waals surface area (Å²) in [5.41, 5.74) is 0.278. The highest BCUT2D eigenvalue weighted by Crippen LogP contribution is 2.30. The van der Waals surface area contributed by atoms with Gasteiger partial charge in [-0.2, -0.15) is 0 Å². The second-order valence-electron chi connectivity index (χ2n) is 6.95. The zero-order chi connectivity index (χ0) is 17.2. The van der Waals surface area contributed by atoms with E-state index in [0.717, 1.165) is 5.56 Å². The number of carbonyl (C=O) groups is 1. The van der Waals surface area contributed by atoms with Crippen molar-refractivity contribution < 1.29 is 14.6 Å². The Morgan fingerprint density at radius 1 is 1.35 bits per heavy atom. The number of likely N-dealkylation sites (tertiary alicyclic amines) is 1. The van der Waals surface area contributed by atoms with Crippen LogP contribution in [-0.4, -0.2) is 40.9 Å². The number of piperidine rings is 1. The first kappa shape index (κ1) is 18.4. The Bertz CT molecular complexity index is 551. The number of hydrogen-bond acceptors (Lipinski definition) is 3. The van der Waals surface area contributed by atoms with Gasteiger partial charge in [-0.1, -0.05) is 29.3 Å². The molecular weight excluding hydrogens is 337 g/mol. The number of rotatable bonds is 2. The van der Waals surface area contributed by atoms with Gasteiger partial charge in [0.05, 0.1) is 6.10 Å². The average molecular weight is 360 g/mol. The molecule has 2 unspecified atom stereocenters. The van der Waals surface area contributed by atoms with Crippen LogP contribution in [0.4, 0.5) is 4.79 Å². The molecule has 6 heteroatoms. The molecule has 4 nitrogen and oxygen atoms in total. The molecule has 1 fully saturated rings. The highest BCUT2D eigenvalue weighted by Gasteiger charge is 2.33. The van der Waals surface area contributed by atoms with E-state index >= 15 is 0 Å². The van der Waals surface area contributed by atoms with Gasteiger partial charge in [-0.25, -0.2) is 4.79 Å². The van der Waals surface area contributed by atoms with Crippen LogP contribution in [0.1, 0.15) is 32.8 Å². The first-order valence-electron chi connectivity index (χ1n) is 7.76. The molecule has 2 atom stereocenters. The Kier molecular flexibility index (Phi) is 5.82. The van der Waals surface area contributed by atoms with Crippen molar-refractivity contribution in [3.05, 3.63) is 33.8 Å². The highest BCUT2D eigenvalue weighted by molar-refractivity contribution is 6.35. The zero-order valence-corrected chi connectivity index (χ0v) is 15.2. The van der Waals surface area contributed by atoms with E-state index in [9.17, 15) is 9.90 Å². The van der Waals surface area contributed by atoms with Crippen LogP contribution in [0, 0.1) is 5.92 Å². The molecule has 1 saturated heterocycles. The van der Waals surface area contributed by atoms with E-state index < -0.39 is 11.7 Å². The number of nitrogens with zero attached hydrogens (tertiary/aromatic N) is 1. The molecule has 0 aliphatic carbocycles. The quantitative estimate of drug-likeness (QED) is 0.862. The summed E-state index contributed by atoms with van der Waals surface area (Å²) < 4.78 is 5.41. The molecular formula is C17H23Cl2NO3. The summed E-state index contributed by atoms with van der Waals surface area (Å²) >= 11 is 12.4. The van der Waals surface area contributed by atoms with E-state index in [0.29, 0.717) is 36.0 Å². The Morgan fingerprint density at radius 2 is 1.96 bits per heavy atom. The van der Waals surface area contributed by atoms with Gasteiger partial charge in [0.1, 0.15) is 5.60 Å². The maximum Gasteiger partial charge on any atom is 0.410 e. The zero-order valence-electron chi connectivity index (χ0n) is 13.7. The Labute approximate surface area is 147 Å². The Morgan fingerprint density at radius 3 is 2.52 bits per heavy atom. The van der Waals surface area contributed by atoms with Crippen molar-refractivity contribution in [1.29, 1.82) is 0 Å². The van der Waals surface area contributed by atoms with Crippen molar-refractivity contribution in [2.24, 2.45) is 5.92 Å². The van der Waals surface area contributed by atoms with Gasteiger partial charge in [-0.15, -0.1) is 0 Å². The number of carbonyl (C=O) groups excluding carboxylic acids is 1. The van der Waals surface area contributed by atoms with E-state index in [1.165, 1.54) is 0 Å². The molecule has 0 spiro atoms. The summed E-state index contributed by atoms with van der Waals surface area (Å²) in [5.74, 6) is -0.117. The minimum Gasteiger partial charge on any atom is -0.444 e. The molecule has 0 aromatic heterocycles. The molecule has 1 heterocycles. The first-order valence-corrected chi connectivity index (χ1v) is 8.52. The monoisotopic (exact) mass is 359 g/mol. The maximum atomic E-state index is 12.2. The van der Waals surface area contributed by atoms with Crippen LogP contribution in [0.25, 0.3) is 0 Å². The molecule has 1 aliphatic heterocycles. The SMILES string of the molecule is CC(C)(C)OC(=O)N1CCC(O)C(Cc2c(Cl)cccc2Cl)C1. The van der Waals surface area contributed by atoms with E-state index in [4.69, 9.17) is 27.9 Å². The number of ether oxygens (including phenoxy) is 1. The van der Waals surface area contributed by atoms with Crippen molar-refractivity contribution in [3.63, 3.8) is 0 Å². The number of benzene rings is 1. The van der Waals surface area contributed by atoms with Crippen LogP contribution in [0.2, 0.25) is 10.0 Å². The molecule has 0 radical (unpaired) electrons. The van der Waals surface area contributed by atoms with Crippen LogP contribution in [0.15, 0.2) is 18.2 Å². The highest BCUT2D eigenvalue weighted by atomic mass is 35.5. The lowest BCUT2D eigenvalue weighted by Gasteiger charge is -2.37. The molecule has 0 saturated carbocycles. The summed E-state index contributed by atoms with van der Waals surface area (Å²) in [6.45, 7) is 6.43. The number of aliphatic hydroxyl groups excluding tert-OH is 1. The first-order chi connectivity index (χ1) is 10.7. The molecule has 2 rings (SSSR count). The van der Waals surface area contributed by atoms with Crippen LogP contribution < -0.4 is 0 Å². The van der Waals surface area contributed by atoms with E-state index in [1.54, 1.807) is 23.1 Å². The number of hydrogen-bond donors (Lipinski definition) is 1. The standard InChI is InChI=1S/C17H23Cl2NO3/c1-17(2,3)23-16(22)20-8-7-15(21)11(10-20)9-12-13(18)5-4-6-14(12)19/h4-6,11,15,21H,7-10H2,1-3H3. The second kappa shape index (κ2) is 7.29. The van der Waals surface area contributed by atoms with Gasteiger partial charge in [0.15, 0.2) is 0 Å². The van der Waals surface area contributed by atoms with Crippen molar-refractivity contribution in [1.82, 2.24) is 4.90 Å². The van der Waals surface area contributed by atoms with Crippen molar-refractivity contribution >= 4 is 29.3 Å². The third-order valence-electron chi connectivity index (χ3n) is 3.87. The van der Waals surface area contributed by atoms with Crippen LogP contribution in [0.3, 0.4) is 0 Å². The lowest BCUT2D eigenvalue weighted by atomic mass is 9.89. The largest absolute Gasteiger partial charge is 0.444 e. The fraction of sp³-hybridized carbons (Fsp3) is 0.588. The molecule has 0 bridgehead atoms. The van der Waals surface area contributed by atoms with Crippen molar-refractivity contribution in [2.75, 3.05) is 13.1 Å². The van der Waals surface area contributed by atoms with Crippen molar-refractivity contribution in [2.45, 2.75) is 45.3 Å². The predicted octanol–water partition coefficient (Wildman–Crippen LogP) is 4.15. The lowest BCUT2D eigenvalue weighted by molar-refractivity contribution is -0.00822. The van der Waals surface area contributed by atoms with Gasteiger partial charge in [-0.05, 0) is 51.3 Å². The van der Waals surface area contributed by atoms with Gasteiger partial charge in [-0.3, -0.25) is 0 Å². The minimum absolute atomic E-state index is 0.117. The lowest BCUT2D eigenvalue weighted by Crippen LogP contribution is -2.48.